The van der Waals surface area contributed by atoms with Crippen LogP contribution in [0.15, 0.2) is 16.8 Å². The third-order valence-corrected chi connectivity index (χ3v) is 6.82. The van der Waals surface area contributed by atoms with E-state index >= 15 is 0 Å². The van der Waals surface area contributed by atoms with Crippen molar-refractivity contribution in [1.29, 1.82) is 0 Å². The van der Waals surface area contributed by atoms with Crippen molar-refractivity contribution in [3.05, 3.63) is 22.4 Å². The van der Waals surface area contributed by atoms with E-state index in [0.717, 1.165) is 30.9 Å². The Labute approximate surface area is 128 Å². The fourth-order valence-electron chi connectivity index (χ4n) is 3.68. The molecule has 1 saturated heterocycles. The molecule has 1 amide bonds. The van der Waals surface area contributed by atoms with E-state index in [9.17, 15) is 4.79 Å². The lowest BCUT2D eigenvalue weighted by molar-refractivity contribution is -0.133. The molecule has 3 atom stereocenters. The van der Waals surface area contributed by atoms with Gasteiger partial charge in [0.05, 0.1) is 0 Å². The summed E-state index contributed by atoms with van der Waals surface area (Å²) in [6, 6.07) is 2.59. The van der Waals surface area contributed by atoms with Gasteiger partial charge in [0, 0.05) is 11.3 Å². The minimum atomic E-state index is -0.204. The van der Waals surface area contributed by atoms with Crippen LogP contribution in [-0.2, 0) is 4.79 Å². The van der Waals surface area contributed by atoms with Crippen molar-refractivity contribution in [3.63, 3.8) is 0 Å². The molecule has 0 aromatic carbocycles. The minimum Gasteiger partial charge on any atom is -0.318 e. The van der Waals surface area contributed by atoms with E-state index in [1.165, 1.54) is 12.0 Å². The first-order valence-electron chi connectivity index (χ1n) is 7.39. The summed E-state index contributed by atoms with van der Waals surface area (Å²) in [4.78, 5) is 15.0. The molecule has 3 aliphatic rings. The van der Waals surface area contributed by atoms with Crippen LogP contribution in [0, 0.1) is 0 Å². The lowest BCUT2D eigenvalue weighted by Gasteiger charge is -2.30. The first kappa shape index (κ1) is 13.2. The number of hydrogen-bond acceptors (Lipinski definition) is 4. The van der Waals surface area contributed by atoms with E-state index in [1.807, 2.05) is 11.8 Å². The summed E-state index contributed by atoms with van der Waals surface area (Å²) in [5.41, 5.74) is 1.06. The summed E-state index contributed by atoms with van der Waals surface area (Å²) in [6.45, 7) is 0. The van der Waals surface area contributed by atoms with E-state index < -0.39 is 0 Å². The lowest BCUT2D eigenvalue weighted by atomic mass is 10.1. The Hall–Kier alpha value is -0.520. The molecule has 3 fully saturated rings. The molecule has 2 saturated carbocycles. The average molecular weight is 308 g/mol. The maximum Gasteiger partial charge on any atom is 0.244 e. The second kappa shape index (κ2) is 4.75. The van der Waals surface area contributed by atoms with Gasteiger partial charge in [-0.05, 0) is 60.7 Å². The predicted octanol–water partition coefficient (Wildman–Crippen LogP) is 3.00. The van der Waals surface area contributed by atoms with Gasteiger partial charge in [-0.2, -0.15) is 23.1 Å². The number of carbonyl (C=O) groups excluding carboxylic acids is 1. The van der Waals surface area contributed by atoms with Crippen molar-refractivity contribution in [2.24, 2.45) is 0 Å². The smallest absolute Gasteiger partial charge is 0.244 e. The zero-order valence-corrected chi connectivity index (χ0v) is 13.3. The van der Waals surface area contributed by atoms with Gasteiger partial charge in [0.15, 0.2) is 0 Å². The van der Waals surface area contributed by atoms with Crippen molar-refractivity contribution >= 4 is 29.0 Å². The summed E-state index contributed by atoms with van der Waals surface area (Å²) in [6.07, 6.45) is 7.90. The molecule has 108 valence electrons. The summed E-state index contributed by atoms with van der Waals surface area (Å²) in [5, 5.41) is 8.65. The van der Waals surface area contributed by atoms with Crippen LogP contribution in [0.3, 0.4) is 0 Å². The van der Waals surface area contributed by atoms with E-state index in [4.69, 9.17) is 0 Å². The van der Waals surface area contributed by atoms with Crippen LogP contribution >= 0.6 is 23.1 Å². The number of amides is 1. The molecule has 1 aromatic rings. The zero-order chi connectivity index (χ0) is 13.7. The lowest BCUT2D eigenvalue weighted by Crippen LogP contribution is -2.39. The van der Waals surface area contributed by atoms with Crippen LogP contribution in [0.25, 0.3) is 0 Å². The van der Waals surface area contributed by atoms with Crippen LogP contribution in [0.5, 0.6) is 0 Å². The van der Waals surface area contributed by atoms with Gasteiger partial charge in [-0.15, -0.1) is 0 Å². The van der Waals surface area contributed by atoms with E-state index in [2.05, 4.69) is 33.3 Å². The molecular formula is C15H20N2OS2. The molecule has 0 radical (unpaired) electrons. The van der Waals surface area contributed by atoms with E-state index in [-0.39, 0.29) is 11.7 Å². The largest absolute Gasteiger partial charge is 0.318 e. The SMILES string of the molecule is CSC1CCC(N2C(=O)C3(CC3)NC2c2ccsc2)C1. The first-order chi connectivity index (χ1) is 9.73. The Morgan fingerprint density at radius 2 is 2.30 bits per heavy atom. The molecule has 2 heterocycles. The molecule has 0 bridgehead atoms. The topological polar surface area (TPSA) is 32.3 Å². The number of hydrogen-bond donors (Lipinski definition) is 1. The summed E-state index contributed by atoms with van der Waals surface area (Å²) in [5.74, 6) is 0.362. The fourth-order valence-corrected chi connectivity index (χ4v) is 5.14. The van der Waals surface area contributed by atoms with Crippen molar-refractivity contribution in [3.8, 4) is 0 Å². The summed E-state index contributed by atoms with van der Waals surface area (Å²) >= 11 is 3.67. The highest BCUT2D eigenvalue weighted by Crippen LogP contribution is 2.49. The molecule has 3 nitrogen and oxygen atoms in total. The van der Waals surface area contributed by atoms with Crippen LogP contribution in [0.4, 0.5) is 0 Å². The maximum absolute atomic E-state index is 12.8. The Morgan fingerprint density at radius 1 is 1.45 bits per heavy atom. The van der Waals surface area contributed by atoms with Gasteiger partial charge < -0.3 is 4.90 Å². The number of carbonyl (C=O) groups is 1. The highest BCUT2D eigenvalue weighted by atomic mass is 32.2. The van der Waals surface area contributed by atoms with Gasteiger partial charge in [-0.1, -0.05) is 0 Å². The first-order valence-corrected chi connectivity index (χ1v) is 9.62. The monoisotopic (exact) mass is 308 g/mol. The molecule has 1 N–H and O–H groups in total. The Balaban J connectivity index is 1.62. The van der Waals surface area contributed by atoms with Gasteiger partial charge in [0.2, 0.25) is 5.91 Å². The van der Waals surface area contributed by atoms with Crippen molar-refractivity contribution in [2.75, 3.05) is 6.26 Å². The van der Waals surface area contributed by atoms with E-state index in [1.54, 1.807) is 11.3 Å². The Kier molecular flexibility index (Phi) is 3.13. The fraction of sp³-hybridized carbons (Fsp3) is 0.667. The van der Waals surface area contributed by atoms with Crippen LogP contribution < -0.4 is 5.32 Å². The molecule has 3 unspecified atom stereocenters. The Bertz CT molecular complexity index is 512. The number of nitrogens with one attached hydrogen (secondary N) is 1. The minimum absolute atomic E-state index is 0.113. The third-order valence-electron chi connectivity index (χ3n) is 5.03. The summed E-state index contributed by atoms with van der Waals surface area (Å²) in [7, 11) is 0. The molecule has 20 heavy (non-hydrogen) atoms. The van der Waals surface area contributed by atoms with E-state index in [0.29, 0.717) is 11.9 Å². The molecule has 1 aromatic heterocycles. The van der Waals surface area contributed by atoms with Crippen LogP contribution in [-0.4, -0.2) is 33.9 Å². The maximum atomic E-state index is 12.8. The molecule has 1 spiro atoms. The highest BCUT2D eigenvalue weighted by Gasteiger charge is 2.60. The highest BCUT2D eigenvalue weighted by molar-refractivity contribution is 7.99. The summed E-state index contributed by atoms with van der Waals surface area (Å²) < 4.78 is 0. The van der Waals surface area contributed by atoms with Crippen LogP contribution in [0.2, 0.25) is 0 Å². The van der Waals surface area contributed by atoms with Gasteiger partial charge in [0.25, 0.3) is 0 Å². The molecule has 2 aliphatic carbocycles. The van der Waals surface area contributed by atoms with Crippen molar-refractivity contribution < 1.29 is 4.79 Å². The number of rotatable bonds is 3. The van der Waals surface area contributed by atoms with Gasteiger partial charge in [-0.25, -0.2) is 0 Å². The van der Waals surface area contributed by atoms with Gasteiger partial charge >= 0.3 is 0 Å². The number of thiophene rings is 1. The Morgan fingerprint density at radius 3 is 2.90 bits per heavy atom. The third kappa shape index (κ3) is 1.94. The van der Waals surface area contributed by atoms with Gasteiger partial charge in [0.1, 0.15) is 11.7 Å². The molecule has 4 rings (SSSR count). The second-order valence-corrected chi connectivity index (χ2v) is 8.14. The van der Waals surface area contributed by atoms with Crippen LogP contribution in [0.1, 0.15) is 43.8 Å². The average Bonchev–Trinajstić information content (AvgIpc) is 2.88. The molecular weight excluding hydrogens is 288 g/mol. The normalized spacial score (nSPS) is 35.1. The van der Waals surface area contributed by atoms with Crippen molar-refractivity contribution in [1.82, 2.24) is 10.2 Å². The molecule has 5 heteroatoms. The second-order valence-electron chi connectivity index (χ2n) is 6.22. The quantitative estimate of drug-likeness (QED) is 0.931. The number of nitrogens with zero attached hydrogens (tertiary/aromatic N) is 1. The molecule has 1 aliphatic heterocycles. The zero-order valence-electron chi connectivity index (χ0n) is 11.7. The van der Waals surface area contributed by atoms with Crippen molar-refractivity contribution in [2.45, 2.75) is 55.1 Å². The number of thioether (sulfide) groups is 1. The predicted molar refractivity (Wildman–Crippen MR) is 83.9 cm³/mol. The van der Waals surface area contributed by atoms with Gasteiger partial charge in [-0.3, -0.25) is 10.1 Å². The standard InChI is InChI=1S/C15H20N2OS2/c1-19-12-3-2-11(8-12)17-13(10-4-7-20-9-10)16-15(5-6-15)14(17)18/h4,7,9,11-13,16H,2-3,5-6,8H2,1H3.